The van der Waals surface area contributed by atoms with Crippen LogP contribution in [-0.2, 0) is 9.53 Å². The second kappa shape index (κ2) is 8.99. The molecule has 0 aliphatic carbocycles. The van der Waals surface area contributed by atoms with Crippen molar-refractivity contribution in [2.24, 2.45) is 0 Å². The summed E-state index contributed by atoms with van der Waals surface area (Å²) in [5.74, 6) is -0.677. The molecule has 1 aromatic heterocycles. The molecule has 0 radical (unpaired) electrons. The first-order valence-corrected chi connectivity index (χ1v) is 9.46. The van der Waals surface area contributed by atoms with Crippen molar-refractivity contribution in [3.05, 3.63) is 45.7 Å². The average Bonchev–Trinajstić information content (AvgIpc) is 3.12. The van der Waals surface area contributed by atoms with Crippen LogP contribution in [0.5, 0.6) is 0 Å². The molecule has 6 heteroatoms. The van der Waals surface area contributed by atoms with Crippen LogP contribution in [0.3, 0.4) is 0 Å². The molecule has 0 fully saturated rings. The van der Waals surface area contributed by atoms with Crippen LogP contribution in [-0.4, -0.2) is 25.0 Å². The molecule has 1 heterocycles. The maximum Gasteiger partial charge on any atom is 0.328 e. The monoisotopic (exact) mass is 409 g/mol. The van der Waals surface area contributed by atoms with Crippen molar-refractivity contribution in [1.82, 2.24) is 5.32 Å². The molecule has 1 amide bonds. The number of ether oxygens (including phenoxy) is 1. The number of thiophene rings is 1. The highest BCUT2D eigenvalue weighted by Gasteiger charge is 2.23. The lowest BCUT2D eigenvalue weighted by molar-refractivity contribution is -0.143. The normalized spacial score (nSPS) is 11.8. The van der Waals surface area contributed by atoms with Gasteiger partial charge in [0.2, 0.25) is 0 Å². The van der Waals surface area contributed by atoms with Crippen LogP contribution >= 0.6 is 27.3 Å². The molecule has 4 nitrogen and oxygen atoms in total. The zero-order chi connectivity index (χ0) is 17.5. The van der Waals surface area contributed by atoms with Gasteiger partial charge in [0.05, 0.1) is 7.11 Å². The minimum Gasteiger partial charge on any atom is -0.467 e. The van der Waals surface area contributed by atoms with E-state index in [-0.39, 0.29) is 5.91 Å². The Hall–Kier alpha value is -1.66. The first-order chi connectivity index (χ1) is 11.6. The number of carbonyl (C=O) groups is 2. The Morgan fingerprint density at radius 1 is 1.33 bits per heavy atom. The van der Waals surface area contributed by atoms with Gasteiger partial charge in [0, 0.05) is 20.5 Å². The Labute approximate surface area is 154 Å². The van der Waals surface area contributed by atoms with Crippen LogP contribution in [0.25, 0.3) is 10.4 Å². The maximum atomic E-state index is 12.7. The topological polar surface area (TPSA) is 55.4 Å². The summed E-state index contributed by atoms with van der Waals surface area (Å²) in [4.78, 5) is 25.7. The first kappa shape index (κ1) is 18.7. The lowest BCUT2D eigenvalue weighted by Crippen LogP contribution is -2.41. The van der Waals surface area contributed by atoms with Gasteiger partial charge in [0.25, 0.3) is 5.91 Å². The number of carbonyl (C=O) groups excluding carboxylic acids is 2. The molecule has 2 aromatic rings. The molecule has 0 bridgehead atoms. The molecule has 1 atom stereocenters. The molecule has 1 N–H and O–H groups in total. The van der Waals surface area contributed by atoms with Crippen molar-refractivity contribution in [2.75, 3.05) is 7.11 Å². The molecule has 0 unspecified atom stereocenters. The Balaban J connectivity index is 2.27. The molecule has 0 saturated carbocycles. The number of unbranched alkanes of at least 4 members (excludes halogenated alkanes) is 1. The van der Waals surface area contributed by atoms with E-state index in [1.165, 1.54) is 7.11 Å². The Bertz CT molecular complexity index is 700. The highest BCUT2D eigenvalue weighted by molar-refractivity contribution is 9.10. The van der Waals surface area contributed by atoms with Crippen molar-refractivity contribution >= 4 is 39.1 Å². The van der Waals surface area contributed by atoms with Gasteiger partial charge in [0.15, 0.2) is 0 Å². The molecule has 0 spiro atoms. The van der Waals surface area contributed by atoms with Gasteiger partial charge in [-0.2, -0.15) is 0 Å². The van der Waals surface area contributed by atoms with Crippen molar-refractivity contribution in [3.8, 4) is 10.4 Å². The van der Waals surface area contributed by atoms with Gasteiger partial charge in [-0.3, -0.25) is 4.79 Å². The smallest absolute Gasteiger partial charge is 0.328 e. The summed E-state index contributed by atoms with van der Waals surface area (Å²) in [7, 11) is 1.34. The largest absolute Gasteiger partial charge is 0.467 e. The number of amides is 1. The van der Waals surface area contributed by atoms with E-state index in [4.69, 9.17) is 4.74 Å². The van der Waals surface area contributed by atoms with Crippen LogP contribution < -0.4 is 5.32 Å². The lowest BCUT2D eigenvalue weighted by atomic mass is 10.0. The third-order valence-corrected chi connectivity index (χ3v) is 5.05. The van der Waals surface area contributed by atoms with E-state index in [2.05, 4.69) is 21.2 Å². The van der Waals surface area contributed by atoms with E-state index in [1.807, 2.05) is 36.6 Å². The SMILES string of the molecule is CCCC[C@@H](NC(=O)c1ccc(Br)cc1-c1cccs1)C(=O)OC. The number of hydrogen-bond acceptors (Lipinski definition) is 4. The minimum absolute atomic E-state index is 0.266. The Morgan fingerprint density at radius 3 is 2.75 bits per heavy atom. The molecule has 0 aliphatic rings. The summed E-state index contributed by atoms with van der Waals surface area (Å²) in [6, 6.07) is 8.80. The summed E-state index contributed by atoms with van der Waals surface area (Å²) in [6.45, 7) is 2.04. The van der Waals surface area contributed by atoms with Crippen molar-refractivity contribution in [3.63, 3.8) is 0 Å². The summed E-state index contributed by atoms with van der Waals surface area (Å²) in [5, 5.41) is 4.79. The van der Waals surface area contributed by atoms with Gasteiger partial charge in [-0.1, -0.05) is 41.8 Å². The summed E-state index contributed by atoms with van der Waals surface area (Å²) in [6.07, 6.45) is 2.36. The van der Waals surface area contributed by atoms with Gasteiger partial charge < -0.3 is 10.1 Å². The summed E-state index contributed by atoms with van der Waals surface area (Å²) in [5.41, 5.74) is 1.39. The summed E-state index contributed by atoms with van der Waals surface area (Å²) >= 11 is 5.02. The van der Waals surface area contributed by atoms with Gasteiger partial charge >= 0.3 is 5.97 Å². The average molecular weight is 410 g/mol. The third kappa shape index (κ3) is 4.68. The molecule has 0 aliphatic heterocycles. The van der Waals surface area contributed by atoms with Gasteiger partial charge in [-0.15, -0.1) is 11.3 Å². The highest BCUT2D eigenvalue weighted by Crippen LogP contribution is 2.30. The van der Waals surface area contributed by atoms with E-state index >= 15 is 0 Å². The second-order valence-electron chi connectivity index (χ2n) is 5.36. The first-order valence-electron chi connectivity index (χ1n) is 7.79. The van der Waals surface area contributed by atoms with E-state index in [9.17, 15) is 9.59 Å². The minimum atomic E-state index is -0.623. The second-order valence-corrected chi connectivity index (χ2v) is 7.22. The van der Waals surface area contributed by atoms with E-state index in [1.54, 1.807) is 17.4 Å². The number of nitrogens with one attached hydrogen (secondary N) is 1. The van der Waals surface area contributed by atoms with Crippen LogP contribution in [0, 0.1) is 0 Å². The van der Waals surface area contributed by atoms with Crippen LogP contribution in [0.15, 0.2) is 40.2 Å². The number of methoxy groups -OCH3 is 1. The molecule has 2 rings (SSSR count). The van der Waals surface area contributed by atoms with Gasteiger partial charge in [-0.05, 0) is 36.1 Å². The standard InChI is InChI=1S/C18H20BrNO3S/c1-3-4-6-15(18(22)23-2)20-17(21)13-9-8-12(19)11-14(13)16-7-5-10-24-16/h5,7-11,15H,3-4,6H2,1-2H3,(H,20,21)/t15-/m1/s1. The number of esters is 1. The Kier molecular flexibility index (Phi) is 6.99. The van der Waals surface area contributed by atoms with Crippen molar-refractivity contribution in [1.29, 1.82) is 0 Å². The number of benzene rings is 1. The molecule has 1 aromatic carbocycles. The Morgan fingerprint density at radius 2 is 2.12 bits per heavy atom. The fourth-order valence-electron chi connectivity index (χ4n) is 2.39. The maximum absolute atomic E-state index is 12.7. The van der Waals surface area contributed by atoms with Crippen LogP contribution in [0.4, 0.5) is 0 Å². The fraction of sp³-hybridized carbons (Fsp3) is 0.333. The predicted octanol–water partition coefficient (Wildman–Crippen LogP) is 4.64. The quantitative estimate of drug-likeness (QED) is 0.677. The summed E-state index contributed by atoms with van der Waals surface area (Å²) < 4.78 is 5.71. The molecule has 128 valence electrons. The lowest BCUT2D eigenvalue weighted by Gasteiger charge is -2.17. The molecule has 24 heavy (non-hydrogen) atoms. The fourth-order valence-corrected chi connectivity index (χ4v) is 3.50. The number of halogens is 1. The number of hydrogen-bond donors (Lipinski definition) is 1. The molecular formula is C18H20BrNO3S. The number of rotatable bonds is 7. The molecular weight excluding hydrogens is 390 g/mol. The van der Waals surface area contributed by atoms with E-state index in [0.29, 0.717) is 12.0 Å². The van der Waals surface area contributed by atoms with Crippen LogP contribution in [0.2, 0.25) is 0 Å². The highest BCUT2D eigenvalue weighted by atomic mass is 79.9. The van der Waals surface area contributed by atoms with E-state index < -0.39 is 12.0 Å². The van der Waals surface area contributed by atoms with Crippen molar-refractivity contribution in [2.45, 2.75) is 32.2 Å². The van der Waals surface area contributed by atoms with Crippen LogP contribution in [0.1, 0.15) is 36.5 Å². The van der Waals surface area contributed by atoms with Gasteiger partial charge in [0.1, 0.15) is 6.04 Å². The molecule has 0 saturated heterocycles. The third-order valence-electron chi connectivity index (χ3n) is 3.65. The predicted molar refractivity (Wildman–Crippen MR) is 100 cm³/mol. The van der Waals surface area contributed by atoms with E-state index in [0.717, 1.165) is 27.8 Å². The zero-order valence-corrected chi connectivity index (χ0v) is 16.1. The zero-order valence-electron chi connectivity index (χ0n) is 13.7. The van der Waals surface area contributed by atoms with Crippen molar-refractivity contribution < 1.29 is 14.3 Å². The van der Waals surface area contributed by atoms with Gasteiger partial charge in [-0.25, -0.2) is 4.79 Å².